The average Bonchev–Trinajstić information content (AvgIpc) is 3.34. The van der Waals surface area contributed by atoms with Gasteiger partial charge in [0.1, 0.15) is 17.4 Å². The number of benzene rings is 1. The molecule has 3 rings (SSSR count). The molecule has 1 N–H and O–H groups in total. The van der Waals surface area contributed by atoms with E-state index < -0.39 is 5.97 Å². The predicted octanol–water partition coefficient (Wildman–Crippen LogP) is 3.29. The van der Waals surface area contributed by atoms with Gasteiger partial charge in [0.25, 0.3) is 5.91 Å². The summed E-state index contributed by atoms with van der Waals surface area (Å²) in [5, 5.41) is 11.9. The lowest BCUT2D eigenvalue weighted by molar-refractivity contribution is -0.113. The molecular formula is C23H27N5O5S2. The number of para-hydroxylation sites is 1. The maximum Gasteiger partial charge on any atom is 0.341 e. The second-order valence-corrected chi connectivity index (χ2v) is 9.76. The highest BCUT2D eigenvalue weighted by Crippen LogP contribution is 2.34. The Morgan fingerprint density at radius 1 is 1.17 bits per heavy atom. The predicted molar refractivity (Wildman–Crippen MR) is 134 cm³/mol. The van der Waals surface area contributed by atoms with Crippen LogP contribution in [0.5, 0.6) is 5.75 Å². The Kier molecular flexibility index (Phi) is 8.52. The third-order valence-electron chi connectivity index (χ3n) is 5.10. The third-order valence-corrected chi connectivity index (χ3v) is 7.31. The van der Waals surface area contributed by atoms with E-state index in [2.05, 4.69) is 15.5 Å². The monoisotopic (exact) mass is 517 g/mol. The molecule has 0 spiro atoms. The molecule has 2 amide bonds. The number of amides is 2. The van der Waals surface area contributed by atoms with Gasteiger partial charge >= 0.3 is 5.97 Å². The molecule has 0 aliphatic rings. The topological polar surface area (TPSA) is 116 Å². The van der Waals surface area contributed by atoms with Gasteiger partial charge in [-0.05, 0) is 31.0 Å². The summed E-state index contributed by atoms with van der Waals surface area (Å²) in [6.07, 6.45) is 0. The average molecular weight is 518 g/mol. The Balaban J connectivity index is 1.67. The fourth-order valence-corrected chi connectivity index (χ4v) is 5.07. The SMILES string of the molecule is COC(=O)c1c(NC(=O)CSc2nnc(COc3ccccc3C)n2C)sc(C(=O)N(C)C)c1C. The number of ether oxygens (including phenoxy) is 2. The number of aromatic nitrogens is 3. The van der Waals surface area contributed by atoms with Crippen LogP contribution in [-0.4, -0.2) is 64.4 Å². The number of aryl methyl sites for hydroxylation is 1. The number of esters is 1. The molecular weight excluding hydrogens is 490 g/mol. The van der Waals surface area contributed by atoms with Gasteiger partial charge in [0.2, 0.25) is 5.91 Å². The van der Waals surface area contributed by atoms with Crippen molar-refractivity contribution >= 4 is 45.9 Å². The van der Waals surface area contributed by atoms with Gasteiger partial charge in [-0.1, -0.05) is 30.0 Å². The van der Waals surface area contributed by atoms with Crippen molar-refractivity contribution in [2.45, 2.75) is 25.6 Å². The van der Waals surface area contributed by atoms with Crippen molar-refractivity contribution in [2.75, 3.05) is 32.3 Å². The summed E-state index contributed by atoms with van der Waals surface area (Å²) in [5.74, 6) is 0.178. The van der Waals surface area contributed by atoms with E-state index in [0.29, 0.717) is 21.4 Å². The number of carbonyl (C=O) groups excluding carboxylic acids is 3. The van der Waals surface area contributed by atoms with Crippen LogP contribution < -0.4 is 10.1 Å². The van der Waals surface area contributed by atoms with Crippen molar-refractivity contribution in [1.29, 1.82) is 0 Å². The van der Waals surface area contributed by atoms with Gasteiger partial charge in [-0.2, -0.15) is 0 Å². The van der Waals surface area contributed by atoms with Crippen molar-refractivity contribution in [2.24, 2.45) is 7.05 Å². The van der Waals surface area contributed by atoms with Gasteiger partial charge in [-0.25, -0.2) is 4.79 Å². The molecule has 1 aromatic carbocycles. The van der Waals surface area contributed by atoms with Gasteiger partial charge in [-0.15, -0.1) is 21.5 Å². The first-order valence-corrected chi connectivity index (χ1v) is 12.4. The molecule has 10 nitrogen and oxygen atoms in total. The smallest absolute Gasteiger partial charge is 0.341 e. The van der Waals surface area contributed by atoms with Crippen LogP contribution in [0.25, 0.3) is 0 Å². The minimum absolute atomic E-state index is 0.0269. The maximum absolute atomic E-state index is 12.7. The molecule has 0 atom stereocenters. The molecule has 2 heterocycles. The highest BCUT2D eigenvalue weighted by molar-refractivity contribution is 7.99. The van der Waals surface area contributed by atoms with Gasteiger partial charge < -0.3 is 24.3 Å². The summed E-state index contributed by atoms with van der Waals surface area (Å²) < 4.78 is 12.5. The Bertz CT molecular complexity index is 1250. The molecule has 0 unspecified atom stereocenters. The zero-order valence-electron chi connectivity index (χ0n) is 20.4. The highest BCUT2D eigenvalue weighted by atomic mass is 32.2. The zero-order chi connectivity index (χ0) is 25.7. The van der Waals surface area contributed by atoms with Gasteiger partial charge in [0.05, 0.1) is 23.3 Å². The number of nitrogens with zero attached hydrogens (tertiary/aromatic N) is 4. The lowest BCUT2D eigenvalue weighted by atomic mass is 10.1. The van der Waals surface area contributed by atoms with Crippen molar-refractivity contribution in [3.8, 4) is 5.75 Å². The number of anilines is 1. The third kappa shape index (κ3) is 6.01. The van der Waals surface area contributed by atoms with Crippen LogP contribution in [0.15, 0.2) is 29.4 Å². The minimum Gasteiger partial charge on any atom is -0.485 e. The molecule has 2 aromatic heterocycles. The second-order valence-electron chi connectivity index (χ2n) is 7.80. The van der Waals surface area contributed by atoms with E-state index in [1.807, 2.05) is 31.2 Å². The quantitative estimate of drug-likeness (QED) is 0.340. The van der Waals surface area contributed by atoms with E-state index in [1.54, 1.807) is 32.6 Å². The number of hydrogen-bond acceptors (Lipinski definition) is 9. The van der Waals surface area contributed by atoms with Crippen molar-refractivity contribution in [3.05, 3.63) is 51.7 Å². The second kappa shape index (κ2) is 11.4. The van der Waals surface area contributed by atoms with Crippen LogP contribution >= 0.6 is 23.1 Å². The first kappa shape index (κ1) is 26.2. The van der Waals surface area contributed by atoms with E-state index in [1.165, 1.54) is 23.8 Å². The van der Waals surface area contributed by atoms with Crippen molar-refractivity contribution in [1.82, 2.24) is 19.7 Å². The van der Waals surface area contributed by atoms with Crippen LogP contribution in [0, 0.1) is 13.8 Å². The standard InChI is InChI=1S/C23H27N5O5S2/c1-13-9-7-8-10-15(13)33-11-16-25-26-23(28(16)5)34-12-17(29)24-20-18(22(31)32-6)14(2)19(35-20)21(30)27(3)4/h7-10H,11-12H2,1-6H3,(H,24,29). The Morgan fingerprint density at radius 2 is 1.89 bits per heavy atom. The summed E-state index contributed by atoms with van der Waals surface area (Å²) in [4.78, 5) is 39.3. The molecule has 3 aromatic rings. The number of methoxy groups -OCH3 is 1. The van der Waals surface area contributed by atoms with Crippen LogP contribution in [0.1, 0.15) is 37.0 Å². The molecule has 186 valence electrons. The fourth-order valence-electron chi connectivity index (χ4n) is 3.11. The molecule has 0 aliphatic carbocycles. The number of thiophene rings is 1. The van der Waals surface area contributed by atoms with E-state index in [-0.39, 0.29) is 34.7 Å². The molecule has 12 heteroatoms. The first-order chi connectivity index (χ1) is 16.6. The number of nitrogens with one attached hydrogen (secondary N) is 1. The Labute approximate surface area is 211 Å². The summed E-state index contributed by atoms with van der Waals surface area (Å²) in [5.41, 5.74) is 1.66. The molecule has 0 fully saturated rings. The molecule has 35 heavy (non-hydrogen) atoms. The minimum atomic E-state index is -0.619. The van der Waals surface area contributed by atoms with Crippen molar-refractivity contribution in [3.63, 3.8) is 0 Å². The fraction of sp³-hybridized carbons (Fsp3) is 0.348. The normalized spacial score (nSPS) is 10.7. The Hall–Kier alpha value is -3.38. The summed E-state index contributed by atoms with van der Waals surface area (Å²) >= 11 is 2.24. The highest BCUT2D eigenvalue weighted by Gasteiger charge is 2.27. The van der Waals surface area contributed by atoms with Gasteiger partial charge in [0.15, 0.2) is 11.0 Å². The number of hydrogen-bond donors (Lipinski definition) is 1. The first-order valence-electron chi connectivity index (χ1n) is 10.6. The molecule has 0 radical (unpaired) electrons. The number of rotatable bonds is 9. The summed E-state index contributed by atoms with van der Waals surface area (Å²) in [6, 6.07) is 7.69. The van der Waals surface area contributed by atoms with Crippen LogP contribution in [0.3, 0.4) is 0 Å². The van der Waals surface area contributed by atoms with Gasteiger partial charge in [0, 0.05) is 21.1 Å². The van der Waals surface area contributed by atoms with E-state index in [0.717, 1.165) is 22.6 Å². The maximum atomic E-state index is 12.7. The zero-order valence-corrected chi connectivity index (χ0v) is 22.0. The number of carbonyl (C=O) groups is 3. The molecule has 0 aliphatic heterocycles. The van der Waals surface area contributed by atoms with Crippen LogP contribution in [0.4, 0.5) is 5.00 Å². The number of thioether (sulfide) groups is 1. The van der Waals surface area contributed by atoms with Crippen LogP contribution in [0.2, 0.25) is 0 Å². The lowest BCUT2D eigenvalue weighted by Crippen LogP contribution is -2.21. The summed E-state index contributed by atoms with van der Waals surface area (Å²) in [7, 11) is 6.29. The molecule has 0 bridgehead atoms. The molecule has 0 saturated heterocycles. The molecule has 0 saturated carbocycles. The van der Waals surface area contributed by atoms with E-state index in [4.69, 9.17) is 9.47 Å². The Morgan fingerprint density at radius 3 is 2.54 bits per heavy atom. The van der Waals surface area contributed by atoms with Crippen LogP contribution in [-0.2, 0) is 23.2 Å². The largest absolute Gasteiger partial charge is 0.485 e. The van der Waals surface area contributed by atoms with E-state index >= 15 is 0 Å². The van der Waals surface area contributed by atoms with Crippen molar-refractivity contribution < 1.29 is 23.9 Å². The van der Waals surface area contributed by atoms with Gasteiger partial charge in [-0.3, -0.25) is 9.59 Å². The summed E-state index contributed by atoms with van der Waals surface area (Å²) in [6.45, 7) is 3.86. The van der Waals surface area contributed by atoms with E-state index in [9.17, 15) is 14.4 Å². The lowest BCUT2D eigenvalue weighted by Gasteiger charge is -2.09.